The third-order valence-corrected chi connectivity index (χ3v) is 3.18. The van der Waals surface area contributed by atoms with Crippen molar-refractivity contribution in [2.75, 3.05) is 5.73 Å². The molecule has 4 nitrogen and oxygen atoms in total. The van der Waals surface area contributed by atoms with Crippen LogP contribution in [0.4, 0.5) is 5.82 Å². The Balaban J connectivity index is 2.61. The molecule has 0 amide bonds. The smallest absolute Gasteiger partial charge is 0.154 e. The Morgan fingerprint density at radius 1 is 1.05 bits per heavy atom. The summed E-state index contributed by atoms with van der Waals surface area (Å²) >= 11 is 0. The van der Waals surface area contributed by atoms with Crippen LogP contribution in [0.1, 0.15) is 37.7 Å². The normalized spacial score (nSPS) is 11.6. The van der Waals surface area contributed by atoms with E-state index in [9.17, 15) is 0 Å². The molecule has 0 saturated carbocycles. The predicted molar refractivity (Wildman–Crippen MR) is 77.8 cm³/mol. The maximum atomic E-state index is 5.97. The molecule has 100 valence electrons. The predicted octanol–water partition coefficient (Wildman–Crippen LogP) is 3.04. The third kappa shape index (κ3) is 2.72. The molecule has 0 bridgehead atoms. The summed E-state index contributed by atoms with van der Waals surface area (Å²) in [6.07, 6.45) is 0. The quantitative estimate of drug-likeness (QED) is 0.851. The van der Waals surface area contributed by atoms with Crippen LogP contribution in [0.5, 0.6) is 0 Å². The second kappa shape index (κ2) is 4.61. The highest BCUT2D eigenvalue weighted by molar-refractivity contribution is 5.72. The number of benzene rings is 1. The van der Waals surface area contributed by atoms with Crippen molar-refractivity contribution in [1.82, 2.24) is 15.2 Å². The maximum Gasteiger partial charge on any atom is 0.154 e. The third-order valence-electron chi connectivity index (χ3n) is 3.18. The van der Waals surface area contributed by atoms with Crippen LogP contribution >= 0.6 is 0 Å². The van der Waals surface area contributed by atoms with E-state index in [4.69, 9.17) is 5.73 Å². The lowest BCUT2D eigenvalue weighted by atomic mass is 9.85. The van der Waals surface area contributed by atoms with E-state index in [0.29, 0.717) is 17.3 Å². The first-order valence-electron chi connectivity index (χ1n) is 6.37. The van der Waals surface area contributed by atoms with E-state index < -0.39 is 0 Å². The van der Waals surface area contributed by atoms with Crippen molar-refractivity contribution < 1.29 is 0 Å². The Bertz CT molecular complexity index is 612. The Morgan fingerprint density at radius 3 is 2.32 bits per heavy atom. The fourth-order valence-electron chi connectivity index (χ4n) is 1.96. The van der Waals surface area contributed by atoms with Crippen LogP contribution in [0.2, 0.25) is 0 Å². The van der Waals surface area contributed by atoms with Gasteiger partial charge in [0.25, 0.3) is 0 Å². The van der Waals surface area contributed by atoms with Crippen LogP contribution < -0.4 is 5.73 Å². The van der Waals surface area contributed by atoms with Gasteiger partial charge in [-0.3, -0.25) is 0 Å². The molecule has 1 aromatic heterocycles. The summed E-state index contributed by atoms with van der Waals surface area (Å²) in [4.78, 5) is 4.19. The Hall–Kier alpha value is -1.97. The molecule has 4 heteroatoms. The molecule has 1 aromatic carbocycles. The molecule has 0 radical (unpaired) electrons. The van der Waals surface area contributed by atoms with Gasteiger partial charge in [0.05, 0.1) is 0 Å². The lowest BCUT2D eigenvalue weighted by Crippen LogP contribution is -2.11. The van der Waals surface area contributed by atoms with Crippen molar-refractivity contribution in [3.63, 3.8) is 0 Å². The Kier molecular flexibility index (Phi) is 3.27. The molecule has 0 saturated heterocycles. The van der Waals surface area contributed by atoms with E-state index >= 15 is 0 Å². The number of anilines is 1. The fourth-order valence-corrected chi connectivity index (χ4v) is 1.96. The minimum absolute atomic E-state index is 0.0861. The molecule has 0 unspecified atom stereocenters. The van der Waals surface area contributed by atoms with E-state index in [1.165, 1.54) is 5.56 Å². The number of hydrogen-bond donors (Lipinski definition) is 1. The second-order valence-electron chi connectivity index (χ2n) is 5.87. The zero-order chi connectivity index (χ0) is 14.2. The molecule has 2 rings (SSSR count). The van der Waals surface area contributed by atoms with Crippen molar-refractivity contribution >= 4 is 5.82 Å². The summed E-state index contributed by atoms with van der Waals surface area (Å²) in [6, 6.07) is 6.37. The number of rotatable bonds is 1. The summed E-state index contributed by atoms with van der Waals surface area (Å²) in [5, 5.41) is 8.20. The van der Waals surface area contributed by atoms with Crippen LogP contribution in [0.25, 0.3) is 11.3 Å². The number of nitrogen functional groups attached to an aromatic ring is 1. The molecular formula is C15H20N4. The molecule has 0 aliphatic carbocycles. The molecule has 0 aliphatic rings. The lowest BCUT2D eigenvalue weighted by molar-refractivity contribution is 0.590. The number of aromatic nitrogens is 3. The molecular weight excluding hydrogens is 236 g/mol. The van der Waals surface area contributed by atoms with Gasteiger partial charge >= 0.3 is 0 Å². The van der Waals surface area contributed by atoms with Crippen LogP contribution in [0.3, 0.4) is 0 Å². The highest BCUT2D eigenvalue weighted by Gasteiger charge is 2.17. The van der Waals surface area contributed by atoms with Gasteiger partial charge < -0.3 is 5.73 Å². The van der Waals surface area contributed by atoms with Gasteiger partial charge in [-0.2, -0.15) is 0 Å². The number of hydrogen-bond acceptors (Lipinski definition) is 4. The zero-order valence-corrected chi connectivity index (χ0v) is 12.2. The largest absolute Gasteiger partial charge is 0.382 e. The fraction of sp³-hybridized carbons (Fsp3) is 0.400. The van der Waals surface area contributed by atoms with Gasteiger partial charge in [-0.15, -0.1) is 10.2 Å². The standard InChI is InChI=1S/C15H20N4/c1-9-6-7-11(15(3,4)5)8-12(9)13-14(16)17-10(2)18-19-13/h6-8H,1-5H3,(H2,16,17,18). The first kappa shape index (κ1) is 13.5. The van der Waals surface area contributed by atoms with Gasteiger partial charge in [0, 0.05) is 5.56 Å². The summed E-state index contributed by atoms with van der Waals surface area (Å²) in [5.41, 5.74) is 10.1. The number of aryl methyl sites for hydroxylation is 2. The molecule has 1 heterocycles. The van der Waals surface area contributed by atoms with Gasteiger partial charge in [-0.05, 0) is 36.5 Å². The van der Waals surface area contributed by atoms with Crippen molar-refractivity contribution in [2.24, 2.45) is 0 Å². The molecule has 19 heavy (non-hydrogen) atoms. The van der Waals surface area contributed by atoms with Crippen LogP contribution in [0, 0.1) is 13.8 Å². The number of nitrogens with zero attached hydrogens (tertiary/aromatic N) is 3. The second-order valence-corrected chi connectivity index (χ2v) is 5.87. The highest BCUT2D eigenvalue weighted by Crippen LogP contribution is 2.30. The highest BCUT2D eigenvalue weighted by atomic mass is 15.2. The molecule has 0 atom stereocenters. The zero-order valence-electron chi connectivity index (χ0n) is 12.2. The minimum Gasteiger partial charge on any atom is -0.382 e. The van der Waals surface area contributed by atoms with Gasteiger partial charge in [-0.1, -0.05) is 32.9 Å². The number of nitrogens with two attached hydrogens (primary N) is 1. The van der Waals surface area contributed by atoms with E-state index in [0.717, 1.165) is 11.1 Å². The van der Waals surface area contributed by atoms with Crippen molar-refractivity contribution in [2.45, 2.75) is 40.0 Å². The van der Waals surface area contributed by atoms with Crippen LogP contribution in [0.15, 0.2) is 18.2 Å². The van der Waals surface area contributed by atoms with Gasteiger partial charge in [0.15, 0.2) is 5.82 Å². The summed E-state index contributed by atoms with van der Waals surface area (Å²) in [5.74, 6) is 1.02. The monoisotopic (exact) mass is 256 g/mol. The topological polar surface area (TPSA) is 64.7 Å². The Morgan fingerprint density at radius 2 is 1.74 bits per heavy atom. The minimum atomic E-state index is 0.0861. The lowest BCUT2D eigenvalue weighted by Gasteiger charge is -2.20. The average Bonchev–Trinajstić information content (AvgIpc) is 2.29. The molecule has 0 aliphatic heterocycles. The summed E-state index contributed by atoms with van der Waals surface area (Å²) < 4.78 is 0. The van der Waals surface area contributed by atoms with Crippen molar-refractivity contribution in [3.05, 3.63) is 35.2 Å². The van der Waals surface area contributed by atoms with Gasteiger partial charge in [0.2, 0.25) is 0 Å². The van der Waals surface area contributed by atoms with Crippen molar-refractivity contribution in [1.29, 1.82) is 0 Å². The van der Waals surface area contributed by atoms with Gasteiger partial charge in [0.1, 0.15) is 11.5 Å². The summed E-state index contributed by atoms with van der Waals surface area (Å²) in [7, 11) is 0. The SMILES string of the molecule is Cc1nnc(-c2cc(C(C)(C)C)ccc2C)c(N)n1. The average molecular weight is 256 g/mol. The van der Waals surface area contributed by atoms with E-state index in [-0.39, 0.29) is 5.41 Å². The molecule has 0 spiro atoms. The van der Waals surface area contributed by atoms with E-state index in [2.05, 4.69) is 54.2 Å². The molecule has 2 aromatic rings. The van der Waals surface area contributed by atoms with Crippen LogP contribution in [-0.4, -0.2) is 15.2 Å². The first-order valence-corrected chi connectivity index (χ1v) is 6.37. The molecule has 2 N–H and O–H groups in total. The summed E-state index contributed by atoms with van der Waals surface area (Å²) in [6.45, 7) is 10.4. The van der Waals surface area contributed by atoms with E-state index in [1.807, 2.05) is 6.92 Å². The maximum absolute atomic E-state index is 5.97. The first-order chi connectivity index (χ1) is 8.79. The molecule has 0 fully saturated rings. The van der Waals surface area contributed by atoms with E-state index in [1.54, 1.807) is 6.92 Å². The Labute approximate surface area is 114 Å². The van der Waals surface area contributed by atoms with Crippen molar-refractivity contribution in [3.8, 4) is 11.3 Å². The van der Waals surface area contributed by atoms with Crippen LogP contribution in [-0.2, 0) is 5.41 Å². The van der Waals surface area contributed by atoms with Gasteiger partial charge in [-0.25, -0.2) is 4.98 Å².